The average molecular weight is 409 g/mol. The molecule has 134 valence electrons. The Hall–Kier alpha value is -1.76. The lowest BCUT2D eigenvalue weighted by molar-refractivity contribution is -0.117. The molecule has 2 aromatic rings. The largest absolute Gasteiger partial charge is 0.395 e. The number of nitrogens with one attached hydrogen (secondary N) is 1. The first-order valence-electron chi connectivity index (χ1n) is 8.17. The Kier molecular flexibility index (Phi) is 7.55. The Morgan fingerprint density at radius 3 is 2.60 bits per heavy atom. The Morgan fingerprint density at radius 2 is 1.96 bits per heavy atom. The van der Waals surface area contributed by atoms with Crippen LogP contribution in [0.5, 0.6) is 0 Å². The molecule has 2 rings (SSSR count). The third-order valence-corrected chi connectivity index (χ3v) is 4.32. The molecule has 0 bridgehead atoms. The number of carbonyl (C=O) groups is 1. The fourth-order valence-electron chi connectivity index (χ4n) is 2.49. The first-order chi connectivity index (χ1) is 12.0. The smallest absolute Gasteiger partial charge is 0.238 e. The highest BCUT2D eigenvalue weighted by atomic mass is 79.9. The van der Waals surface area contributed by atoms with Gasteiger partial charge in [-0.15, -0.1) is 0 Å². The molecule has 0 saturated heterocycles. The van der Waals surface area contributed by atoms with Crippen molar-refractivity contribution >= 4 is 27.5 Å². The minimum absolute atomic E-state index is 0.0715. The second-order valence-electron chi connectivity index (χ2n) is 5.77. The summed E-state index contributed by atoms with van der Waals surface area (Å²) in [5.74, 6) is -0.533. The third-order valence-electron chi connectivity index (χ3n) is 3.83. The highest BCUT2D eigenvalue weighted by molar-refractivity contribution is 9.10. The van der Waals surface area contributed by atoms with E-state index in [4.69, 9.17) is 0 Å². The van der Waals surface area contributed by atoms with Gasteiger partial charge in [-0.2, -0.15) is 0 Å². The van der Waals surface area contributed by atoms with Crippen molar-refractivity contribution in [3.05, 3.63) is 63.9 Å². The van der Waals surface area contributed by atoms with Gasteiger partial charge in [0.05, 0.1) is 13.2 Å². The van der Waals surface area contributed by atoms with Gasteiger partial charge in [-0.3, -0.25) is 9.69 Å². The quantitative estimate of drug-likeness (QED) is 0.701. The fraction of sp³-hybridized carbons (Fsp3) is 0.316. The standard InChI is InChI=1S/C19H22BrFN2O2/c1-2-14-3-6-17(7-4-14)22-19(25)13-23(9-10-24)12-15-11-16(20)5-8-18(15)21/h3-8,11,24H,2,9-10,12-13H2,1H3,(H,22,25). The van der Waals surface area contributed by atoms with E-state index in [9.17, 15) is 14.3 Å². The number of aliphatic hydroxyl groups excluding tert-OH is 1. The van der Waals surface area contributed by atoms with Gasteiger partial charge in [0, 0.05) is 28.8 Å². The Labute approximate surface area is 155 Å². The number of hydrogen-bond acceptors (Lipinski definition) is 3. The number of benzene rings is 2. The zero-order valence-electron chi connectivity index (χ0n) is 14.1. The van der Waals surface area contributed by atoms with Gasteiger partial charge < -0.3 is 10.4 Å². The van der Waals surface area contributed by atoms with E-state index >= 15 is 0 Å². The van der Waals surface area contributed by atoms with Crippen LogP contribution >= 0.6 is 15.9 Å². The molecule has 0 atom stereocenters. The summed E-state index contributed by atoms with van der Waals surface area (Å²) in [4.78, 5) is 14.0. The van der Waals surface area contributed by atoms with E-state index in [-0.39, 0.29) is 38.0 Å². The number of aliphatic hydroxyl groups is 1. The van der Waals surface area contributed by atoms with Crippen molar-refractivity contribution in [1.29, 1.82) is 0 Å². The maximum absolute atomic E-state index is 13.9. The van der Waals surface area contributed by atoms with Gasteiger partial charge in [0.2, 0.25) is 5.91 Å². The normalized spacial score (nSPS) is 10.9. The average Bonchev–Trinajstić information content (AvgIpc) is 2.59. The van der Waals surface area contributed by atoms with E-state index in [1.165, 1.54) is 11.6 Å². The van der Waals surface area contributed by atoms with Crippen molar-refractivity contribution in [2.24, 2.45) is 0 Å². The van der Waals surface area contributed by atoms with Crippen LogP contribution in [0.1, 0.15) is 18.1 Å². The van der Waals surface area contributed by atoms with Gasteiger partial charge in [0.15, 0.2) is 0 Å². The number of carbonyl (C=O) groups excluding carboxylic acids is 1. The van der Waals surface area contributed by atoms with Crippen molar-refractivity contribution in [2.45, 2.75) is 19.9 Å². The summed E-state index contributed by atoms with van der Waals surface area (Å²) in [6, 6.07) is 12.4. The maximum Gasteiger partial charge on any atom is 0.238 e. The first-order valence-corrected chi connectivity index (χ1v) is 8.97. The second kappa shape index (κ2) is 9.65. The molecule has 0 radical (unpaired) electrons. The number of nitrogens with zero attached hydrogens (tertiary/aromatic N) is 1. The monoisotopic (exact) mass is 408 g/mol. The molecule has 0 aliphatic heterocycles. The summed E-state index contributed by atoms with van der Waals surface area (Å²) < 4.78 is 14.7. The molecule has 0 saturated carbocycles. The summed E-state index contributed by atoms with van der Waals surface area (Å²) in [6.07, 6.45) is 0.941. The topological polar surface area (TPSA) is 52.6 Å². The van der Waals surface area contributed by atoms with Gasteiger partial charge in [-0.25, -0.2) is 4.39 Å². The molecular formula is C19H22BrFN2O2. The van der Waals surface area contributed by atoms with Gasteiger partial charge in [0.1, 0.15) is 5.82 Å². The summed E-state index contributed by atoms with van der Waals surface area (Å²) in [7, 11) is 0. The molecule has 0 fully saturated rings. The van der Waals surface area contributed by atoms with Crippen LogP contribution in [0.15, 0.2) is 46.9 Å². The number of aryl methyl sites for hydroxylation is 1. The maximum atomic E-state index is 13.9. The Morgan fingerprint density at radius 1 is 1.24 bits per heavy atom. The predicted octanol–water partition coefficient (Wildman–Crippen LogP) is 3.58. The molecule has 0 unspecified atom stereocenters. The molecule has 6 heteroatoms. The van der Waals surface area contributed by atoms with E-state index in [1.807, 2.05) is 24.3 Å². The molecule has 0 aromatic heterocycles. The van der Waals surface area contributed by atoms with Gasteiger partial charge >= 0.3 is 0 Å². The minimum atomic E-state index is -0.332. The molecular weight excluding hydrogens is 387 g/mol. The van der Waals surface area contributed by atoms with Crippen LogP contribution < -0.4 is 5.32 Å². The number of rotatable bonds is 8. The first kappa shape index (κ1) is 19.6. The number of halogens is 2. The number of amides is 1. The lowest BCUT2D eigenvalue weighted by Gasteiger charge is -2.21. The van der Waals surface area contributed by atoms with Gasteiger partial charge in [-0.05, 0) is 42.3 Å². The van der Waals surface area contributed by atoms with E-state index in [0.717, 1.165) is 16.6 Å². The van der Waals surface area contributed by atoms with Crippen molar-refractivity contribution in [3.8, 4) is 0 Å². The molecule has 2 aromatic carbocycles. The van der Waals surface area contributed by atoms with Crippen LogP contribution in [0.4, 0.5) is 10.1 Å². The molecule has 4 nitrogen and oxygen atoms in total. The van der Waals surface area contributed by atoms with Crippen LogP contribution in [-0.2, 0) is 17.8 Å². The molecule has 0 heterocycles. The lowest BCUT2D eigenvalue weighted by Crippen LogP contribution is -2.35. The molecule has 25 heavy (non-hydrogen) atoms. The molecule has 0 aliphatic rings. The van der Waals surface area contributed by atoms with E-state index < -0.39 is 0 Å². The number of anilines is 1. The van der Waals surface area contributed by atoms with Crippen molar-refractivity contribution in [2.75, 3.05) is 25.0 Å². The highest BCUT2D eigenvalue weighted by Gasteiger charge is 2.14. The SMILES string of the molecule is CCc1ccc(NC(=O)CN(CCO)Cc2cc(Br)ccc2F)cc1. The summed E-state index contributed by atoms with van der Waals surface area (Å²) in [5.41, 5.74) is 2.40. The van der Waals surface area contributed by atoms with Crippen molar-refractivity contribution < 1.29 is 14.3 Å². The highest BCUT2D eigenvalue weighted by Crippen LogP contribution is 2.17. The van der Waals surface area contributed by atoms with Crippen LogP contribution in [-0.4, -0.2) is 35.6 Å². The molecule has 0 spiro atoms. The summed E-state index contributed by atoms with van der Waals surface area (Å²) >= 11 is 3.32. The number of hydrogen-bond donors (Lipinski definition) is 2. The zero-order chi connectivity index (χ0) is 18.2. The molecule has 2 N–H and O–H groups in total. The molecule has 0 aliphatic carbocycles. The van der Waals surface area contributed by atoms with E-state index in [2.05, 4.69) is 28.2 Å². The molecule has 1 amide bonds. The lowest BCUT2D eigenvalue weighted by atomic mass is 10.1. The fourth-order valence-corrected chi connectivity index (χ4v) is 2.90. The zero-order valence-corrected chi connectivity index (χ0v) is 15.7. The summed E-state index contributed by atoms with van der Waals surface area (Å²) in [5, 5.41) is 12.1. The van der Waals surface area contributed by atoms with Crippen LogP contribution in [0.2, 0.25) is 0 Å². The Balaban J connectivity index is 1.99. The van der Waals surface area contributed by atoms with E-state index in [0.29, 0.717) is 5.56 Å². The van der Waals surface area contributed by atoms with Crippen molar-refractivity contribution in [1.82, 2.24) is 4.90 Å². The Bertz CT molecular complexity index is 707. The third kappa shape index (κ3) is 6.23. The summed E-state index contributed by atoms with van der Waals surface area (Å²) in [6.45, 7) is 2.57. The minimum Gasteiger partial charge on any atom is -0.395 e. The van der Waals surface area contributed by atoms with Crippen LogP contribution in [0.25, 0.3) is 0 Å². The van der Waals surface area contributed by atoms with Gasteiger partial charge in [0.25, 0.3) is 0 Å². The van der Waals surface area contributed by atoms with Gasteiger partial charge in [-0.1, -0.05) is 35.0 Å². The van der Waals surface area contributed by atoms with Crippen LogP contribution in [0.3, 0.4) is 0 Å². The van der Waals surface area contributed by atoms with E-state index in [1.54, 1.807) is 17.0 Å². The van der Waals surface area contributed by atoms with Crippen LogP contribution in [0, 0.1) is 5.82 Å². The van der Waals surface area contributed by atoms with Crippen molar-refractivity contribution in [3.63, 3.8) is 0 Å². The second-order valence-corrected chi connectivity index (χ2v) is 6.68. The predicted molar refractivity (Wildman–Crippen MR) is 101 cm³/mol.